The topological polar surface area (TPSA) is 79.9 Å². The van der Waals surface area contributed by atoms with Gasteiger partial charge in [0.1, 0.15) is 5.56 Å². The Bertz CT molecular complexity index is 681. The third kappa shape index (κ3) is 2.95. The van der Waals surface area contributed by atoms with E-state index in [1.54, 1.807) is 6.07 Å². The lowest BCUT2D eigenvalue weighted by Crippen LogP contribution is -2.39. The summed E-state index contributed by atoms with van der Waals surface area (Å²) in [6.07, 6.45) is 4.46. The zero-order valence-corrected chi connectivity index (χ0v) is 12.8. The van der Waals surface area contributed by atoms with E-state index in [0.29, 0.717) is 18.1 Å². The van der Waals surface area contributed by atoms with Crippen LogP contribution in [-0.2, 0) is 12.8 Å². The Hall–Kier alpha value is -2.37. The first-order valence-electron chi connectivity index (χ1n) is 7.59. The molecule has 2 heterocycles. The summed E-state index contributed by atoms with van der Waals surface area (Å²) in [6.45, 7) is 4.25. The highest BCUT2D eigenvalue weighted by Crippen LogP contribution is 2.21. The van der Waals surface area contributed by atoms with Crippen molar-refractivity contribution in [3.8, 4) is 5.88 Å². The summed E-state index contributed by atoms with van der Waals surface area (Å²) in [6, 6.07) is 3.72. The average molecular weight is 300 g/mol. The quantitative estimate of drug-likeness (QED) is 0.902. The molecular weight excluding hydrogens is 280 g/mol. The maximum absolute atomic E-state index is 12.5. The van der Waals surface area contributed by atoms with Crippen LogP contribution in [0.4, 0.5) is 0 Å². The number of aryl methyl sites for hydroxylation is 2. The molecule has 6 heteroatoms. The summed E-state index contributed by atoms with van der Waals surface area (Å²) in [7, 11) is 0. The minimum atomic E-state index is -0.132. The fourth-order valence-electron chi connectivity index (χ4n) is 2.76. The monoisotopic (exact) mass is 300 g/mol. The summed E-state index contributed by atoms with van der Waals surface area (Å²) in [5, 5.41) is 10.1. The molecule has 0 bridgehead atoms. The summed E-state index contributed by atoms with van der Waals surface area (Å²) < 4.78 is 5.49. The van der Waals surface area contributed by atoms with Gasteiger partial charge in [0.15, 0.2) is 0 Å². The fourth-order valence-corrected chi connectivity index (χ4v) is 2.76. The maximum Gasteiger partial charge on any atom is 0.256 e. The van der Waals surface area contributed by atoms with Crippen molar-refractivity contribution >= 4 is 5.91 Å². The number of hydrogen-bond donors (Lipinski definition) is 2. The van der Waals surface area contributed by atoms with Gasteiger partial charge in [-0.1, -0.05) is 0 Å². The second kappa shape index (κ2) is 6.17. The third-order valence-electron chi connectivity index (χ3n) is 3.88. The molecule has 22 heavy (non-hydrogen) atoms. The van der Waals surface area contributed by atoms with Crippen molar-refractivity contribution < 1.29 is 9.53 Å². The molecule has 1 amide bonds. The Labute approximate surface area is 129 Å². The lowest BCUT2D eigenvalue weighted by molar-refractivity contribution is 0.0929. The van der Waals surface area contributed by atoms with Gasteiger partial charge in [0.05, 0.1) is 12.8 Å². The van der Waals surface area contributed by atoms with Gasteiger partial charge in [0.25, 0.3) is 5.91 Å². The highest BCUT2D eigenvalue weighted by atomic mass is 16.5. The van der Waals surface area contributed by atoms with Crippen molar-refractivity contribution in [1.82, 2.24) is 20.5 Å². The van der Waals surface area contributed by atoms with E-state index in [2.05, 4.69) is 20.5 Å². The molecule has 2 aromatic heterocycles. The molecule has 0 spiro atoms. The predicted molar refractivity (Wildman–Crippen MR) is 82.0 cm³/mol. The number of aromatic amines is 1. The molecule has 1 aliphatic rings. The molecule has 2 N–H and O–H groups in total. The number of carbonyl (C=O) groups is 1. The van der Waals surface area contributed by atoms with Crippen LogP contribution in [0.5, 0.6) is 5.88 Å². The van der Waals surface area contributed by atoms with Gasteiger partial charge < -0.3 is 10.1 Å². The third-order valence-corrected chi connectivity index (χ3v) is 3.88. The molecule has 0 aliphatic heterocycles. The number of rotatable bonds is 4. The van der Waals surface area contributed by atoms with Gasteiger partial charge in [0, 0.05) is 17.4 Å². The summed E-state index contributed by atoms with van der Waals surface area (Å²) >= 11 is 0. The van der Waals surface area contributed by atoms with E-state index in [9.17, 15) is 4.79 Å². The van der Waals surface area contributed by atoms with E-state index < -0.39 is 0 Å². The standard InChI is InChI=1S/C16H20N4O2/c1-3-22-16-13(6-4-10(2)18-16)15(21)19-12-5-7-14-11(8-12)9-17-20-14/h4,6,9,12H,3,5,7-8H2,1-2H3,(H,17,20)(H,19,21). The minimum absolute atomic E-state index is 0.119. The SMILES string of the molecule is CCOc1nc(C)ccc1C(=O)NC1CCc2[nH]ncc2C1. The lowest BCUT2D eigenvalue weighted by atomic mass is 9.93. The second-order valence-corrected chi connectivity index (χ2v) is 5.53. The van der Waals surface area contributed by atoms with Crippen LogP contribution in [0.15, 0.2) is 18.3 Å². The first-order chi connectivity index (χ1) is 10.7. The Morgan fingerprint density at radius 1 is 1.50 bits per heavy atom. The molecule has 0 aromatic carbocycles. The fraction of sp³-hybridized carbons (Fsp3) is 0.438. The van der Waals surface area contributed by atoms with Gasteiger partial charge in [-0.25, -0.2) is 4.98 Å². The Balaban J connectivity index is 1.72. The number of ether oxygens (including phenoxy) is 1. The van der Waals surface area contributed by atoms with Crippen LogP contribution in [-0.4, -0.2) is 33.7 Å². The van der Waals surface area contributed by atoms with Gasteiger partial charge in [-0.2, -0.15) is 5.10 Å². The van der Waals surface area contributed by atoms with E-state index in [-0.39, 0.29) is 11.9 Å². The normalized spacial score (nSPS) is 16.9. The molecular formula is C16H20N4O2. The van der Waals surface area contributed by atoms with Gasteiger partial charge in [-0.15, -0.1) is 0 Å². The Kier molecular flexibility index (Phi) is 4.09. The molecule has 0 radical (unpaired) electrons. The highest BCUT2D eigenvalue weighted by molar-refractivity contribution is 5.96. The number of nitrogens with zero attached hydrogens (tertiary/aromatic N) is 2. The summed E-state index contributed by atoms with van der Waals surface area (Å²) in [4.78, 5) is 16.8. The number of carbonyl (C=O) groups excluding carboxylic acids is 1. The number of fused-ring (bicyclic) bond motifs is 1. The number of amides is 1. The second-order valence-electron chi connectivity index (χ2n) is 5.53. The van der Waals surface area contributed by atoms with E-state index in [0.717, 1.165) is 25.0 Å². The number of hydrogen-bond acceptors (Lipinski definition) is 4. The number of nitrogens with one attached hydrogen (secondary N) is 2. The first kappa shape index (κ1) is 14.6. The molecule has 0 saturated heterocycles. The van der Waals surface area contributed by atoms with Crippen LogP contribution in [0.1, 0.15) is 40.7 Å². The molecule has 116 valence electrons. The molecule has 6 nitrogen and oxygen atoms in total. The average Bonchev–Trinajstić information content (AvgIpc) is 2.95. The zero-order valence-electron chi connectivity index (χ0n) is 12.8. The van der Waals surface area contributed by atoms with Crippen LogP contribution in [0.25, 0.3) is 0 Å². The van der Waals surface area contributed by atoms with Gasteiger partial charge in [0.2, 0.25) is 5.88 Å². The van der Waals surface area contributed by atoms with Crippen molar-refractivity contribution in [3.63, 3.8) is 0 Å². The summed E-state index contributed by atoms with van der Waals surface area (Å²) in [5.74, 6) is 0.271. The van der Waals surface area contributed by atoms with Crippen molar-refractivity contribution in [2.24, 2.45) is 0 Å². The first-order valence-corrected chi connectivity index (χ1v) is 7.59. The van der Waals surface area contributed by atoms with Gasteiger partial charge in [-0.3, -0.25) is 9.89 Å². The maximum atomic E-state index is 12.5. The van der Waals surface area contributed by atoms with Crippen LogP contribution < -0.4 is 10.1 Å². The smallest absolute Gasteiger partial charge is 0.256 e. The van der Waals surface area contributed by atoms with Gasteiger partial charge in [-0.05, 0) is 50.8 Å². The van der Waals surface area contributed by atoms with Crippen molar-refractivity contribution in [3.05, 3.63) is 40.8 Å². The zero-order chi connectivity index (χ0) is 15.5. The number of pyridine rings is 1. The summed E-state index contributed by atoms with van der Waals surface area (Å²) in [5.41, 5.74) is 3.69. The van der Waals surface area contributed by atoms with Crippen molar-refractivity contribution in [2.45, 2.75) is 39.2 Å². The van der Waals surface area contributed by atoms with Crippen LogP contribution in [0.3, 0.4) is 0 Å². The largest absolute Gasteiger partial charge is 0.477 e. The van der Waals surface area contributed by atoms with Crippen LogP contribution >= 0.6 is 0 Å². The van der Waals surface area contributed by atoms with Gasteiger partial charge >= 0.3 is 0 Å². The lowest BCUT2D eigenvalue weighted by Gasteiger charge is -2.23. The molecule has 0 saturated carbocycles. The van der Waals surface area contributed by atoms with Crippen LogP contribution in [0.2, 0.25) is 0 Å². The Morgan fingerprint density at radius 2 is 2.36 bits per heavy atom. The molecule has 0 fully saturated rings. The molecule has 1 atom stereocenters. The van der Waals surface area contributed by atoms with E-state index >= 15 is 0 Å². The predicted octanol–water partition coefficient (Wildman–Crippen LogP) is 1.80. The number of aromatic nitrogens is 3. The molecule has 1 aliphatic carbocycles. The molecule has 3 rings (SSSR count). The molecule has 2 aromatic rings. The Morgan fingerprint density at radius 3 is 3.18 bits per heavy atom. The van der Waals surface area contributed by atoms with Crippen molar-refractivity contribution in [2.75, 3.05) is 6.61 Å². The highest BCUT2D eigenvalue weighted by Gasteiger charge is 2.23. The van der Waals surface area contributed by atoms with Crippen molar-refractivity contribution in [1.29, 1.82) is 0 Å². The van der Waals surface area contributed by atoms with Crippen LogP contribution in [0, 0.1) is 6.92 Å². The number of H-pyrrole nitrogens is 1. The van der Waals surface area contributed by atoms with E-state index in [4.69, 9.17) is 4.74 Å². The van der Waals surface area contributed by atoms with E-state index in [1.807, 2.05) is 26.1 Å². The van der Waals surface area contributed by atoms with E-state index in [1.165, 1.54) is 11.3 Å². The molecule has 1 unspecified atom stereocenters. The minimum Gasteiger partial charge on any atom is -0.477 e.